The lowest BCUT2D eigenvalue weighted by atomic mass is 10.2. The quantitative estimate of drug-likeness (QED) is 0.678. The Hall–Kier alpha value is -1.42. The van der Waals surface area contributed by atoms with Crippen molar-refractivity contribution in [3.63, 3.8) is 0 Å². The molecule has 0 unspecified atom stereocenters. The Bertz CT molecular complexity index is 312. The maximum absolute atomic E-state index is 11.5. The summed E-state index contributed by atoms with van der Waals surface area (Å²) in [5, 5.41) is 5.76. The minimum absolute atomic E-state index is 0.0502. The van der Waals surface area contributed by atoms with Crippen LogP contribution in [-0.4, -0.2) is 31.0 Å². The third-order valence-electron chi connectivity index (χ3n) is 1.82. The molecule has 4 heteroatoms. The van der Waals surface area contributed by atoms with Crippen LogP contribution in [0.5, 0.6) is 0 Å². The number of nitrogens with one attached hydrogen (secondary N) is 2. The summed E-state index contributed by atoms with van der Waals surface area (Å²) < 4.78 is 0. The Morgan fingerprint density at radius 1 is 1.50 bits per heavy atom. The Balaban J connectivity index is 2.52. The van der Waals surface area contributed by atoms with Gasteiger partial charge in [0.1, 0.15) is 0 Å². The van der Waals surface area contributed by atoms with Crippen LogP contribution >= 0.6 is 0 Å². The van der Waals surface area contributed by atoms with Crippen molar-refractivity contribution in [3.8, 4) is 0 Å². The molecule has 2 N–H and O–H groups in total. The molecule has 1 aromatic heterocycles. The molecule has 0 aliphatic heterocycles. The van der Waals surface area contributed by atoms with Crippen molar-refractivity contribution in [2.24, 2.45) is 0 Å². The van der Waals surface area contributed by atoms with Crippen molar-refractivity contribution in [2.75, 3.05) is 20.1 Å². The molecule has 1 heterocycles. The lowest BCUT2D eigenvalue weighted by molar-refractivity contribution is 0.0954. The first-order valence-electron chi connectivity index (χ1n) is 4.59. The van der Waals surface area contributed by atoms with Gasteiger partial charge in [-0.25, -0.2) is 0 Å². The molecule has 4 nitrogen and oxygen atoms in total. The number of amides is 1. The van der Waals surface area contributed by atoms with Crippen molar-refractivity contribution in [3.05, 3.63) is 29.6 Å². The molecular formula is C10H15N3O. The van der Waals surface area contributed by atoms with E-state index in [9.17, 15) is 4.79 Å². The number of aromatic nitrogens is 1. The molecule has 0 aliphatic carbocycles. The number of aryl methyl sites for hydroxylation is 1. The Morgan fingerprint density at radius 3 is 2.93 bits per heavy atom. The van der Waals surface area contributed by atoms with Gasteiger partial charge < -0.3 is 10.6 Å². The number of hydrogen-bond acceptors (Lipinski definition) is 3. The van der Waals surface area contributed by atoms with Gasteiger partial charge in [0.25, 0.3) is 5.91 Å². The SMILES string of the molecule is CNCCNC(=O)c1ccnc(C)c1. The fourth-order valence-electron chi connectivity index (χ4n) is 1.09. The van der Waals surface area contributed by atoms with Gasteiger partial charge in [0.05, 0.1) is 0 Å². The molecule has 0 atom stereocenters. The number of likely N-dealkylation sites (N-methyl/N-ethyl adjacent to an activating group) is 1. The van der Waals surface area contributed by atoms with Crippen LogP contribution in [-0.2, 0) is 0 Å². The molecule has 0 radical (unpaired) electrons. The van der Waals surface area contributed by atoms with E-state index in [4.69, 9.17) is 0 Å². The number of hydrogen-bond donors (Lipinski definition) is 2. The monoisotopic (exact) mass is 193 g/mol. The second-order valence-electron chi connectivity index (χ2n) is 3.05. The highest BCUT2D eigenvalue weighted by Crippen LogP contribution is 1.99. The first kappa shape index (κ1) is 10.7. The molecular weight excluding hydrogens is 178 g/mol. The molecule has 14 heavy (non-hydrogen) atoms. The molecule has 0 aromatic carbocycles. The molecule has 1 aromatic rings. The van der Waals surface area contributed by atoms with E-state index in [-0.39, 0.29) is 5.91 Å². The highest BCUT2D eigenvalue weighted by molar-refractivity contribution is 5.94. The van der Waals surface area contributed by atoms with Crippen LogP contribution in [0.25, 0.3) is 0 Å². The van der Waals surface area contributed by atoms with E-state index in [0.717, 1.165) is 12.2 Å². The summed E-state index contributed by atoms with van der Waals surface area (Å²) in [7, 11) is 1.85. The Labute approximate surface area is 83.7 Å². The largest absolute Gasteiger partial charge is 0.351 e. The molecule has 0 aliphatic rings. The van der Waals surface area contributed by atoms with Crippen molar-refractivity contribution in [1.82, 2.24) is 15.6 Å². The third kappa shape index (κ3) is 3.14. The topological polar surface area (TPSA) is 54.0 Å². The number of nitrogens with zero attached hydrogens (tertiary/aromatic N) is 1. The summed E-state index contributed by atoms with van der Waals surface area (Å²) in [5.74, 6) is -0.0502. The Morgan fingerprint density at radius 2 is 2.29 bits per heavy atom. The van der Waals surface area contributed by atoms with Crippen LogP contribution in [0.3, 0.4) is 0 Å². The molecule has 0 fully saturated rings. The highest BCUT2D eigenvalue weighted by atomic mass is 16.1. The van der Waals surface area contributed by atoms with Crippen LogP contribution in [0.2, 0.25) is 0 Å². The fraction of sp³-hybridized carbons (Fsp3) is 0.400. The van der Waals surface area contributed by atoms with E-state index in [0.29, 0.717) is 12.1 Å². The molecule has 0 saturated heterocycles. The van der Waals surface area contributed by atoms with Gasteiger partial charge in [-0.05, 0) is 26.1 Å². The third-order valence-corrected chi connectivity index (χ3v) is 1.82. The van der Waals surface area contributed by atoms with Gasteiger partial charge in [-0.2, -0.15) is 0 Å². The van der Waals surface area contributed by atoms with Gasteiger partial charge in [-0.15, -0.1) is 0 Å². The van der Waals surface area contributed by atoms with Gasteiger partial charge >= 0.3 is 0 Å². The standard InChI is InChI=1S/C10H15N3O/c1-8-7-9(3-4-12-8)10(14)13-6-5-11-2/h3-4,7,11H,5-6H2,1-2H3,(H,13,14). The maximum atomic E-state index is 11.5. The minimum atomic E-state index is -0.0502. The van der Waals surface area contributed by atoms with Crippen LogP contribution in [0.15, 0.2) is 18.3 Å². The van der Waals surface area contributed by atoms with Gasteiger partial charge in [0, 0.05) is 30.5 Å². The Kier molecular flexibility index (Phi) is 4.07. The van der Waals surface area contributed by atoms with Crippen LogP contribution < -0.4 is 10.6 Å². The number of carbonyl (C=O) groups excluding carboxylic acids is 1. The van der Waals surface area contributed by atoms with Gasteiger partial charge in [-0.1, -0.05) is 0 Å². The van der Waals surface area contributed by atoms with E-state index >= 15 is 0 Å². The lowest BCUT2D eigenvalue weighted by Gasteiger charge is -2.04. The van der Waals surface area contributed by atoms with Gasteiger partial charge in [0.15, 0.2) is 0 Å². The second kappa shape index (κ2) is 5.34. The summed E-state index contributed by atoms with van der Waals surface area (Å²) in [6.07, 6.45) is 1.64. The number of pyridine rings is 1. The highest BCUT2D eigenvalue weighted by Gasteiger charge is 2.03. The molecule has 0 saturated carbocycles. The zero-order valence-electron chi connectivity index (χ0n) is 8.50. The normalized spacial score (nSPS) is 9.86. The van der Waals surface area contributed by atoms with Gasteiger partial charge in [0.2, 0.25) is 0 Å². The van der Waals surface area contributed by atoms with Crippen LogP contribution in [0.4, 0.5) is 0 Å². The molecule has 1 rings (SSSR count). The second-order valence-corrected chi connectivity index (χ2v) is 3.05. The molecule has 76 valence electrons. The maximum Gasteiger partial charge on any atom is 0.251 e. The van der Waals surface area contributed by atoms with Gasteiger partial charge in [-0.3, -0.25) is 9.78 Å². The average molecular weight is 193 g/mol. The summed E-state index contributed by atoms with van der Waals surface area (Å²) in [4.78, 5) is 15.5. The molecule has 0 bridgehead atoms. The first-order valence-corrected chi connectivity index (χ1v) is 4.59. The lowest BCUT2D eigenvalue weighted by Crippen LogP contribution is -2.30. The van der Waals surface area contributed by atoms with Crippen molar-refractivity contribution < 1.29 is 4.79 Å². The molecule has 1 amide bonds. The van der Waals surface area contributed by atoms with E-state index in [1.54, 1.807) is 18.3 Å². The predicted molar refractivity (Wildman–Crippen MR) is 55.2 cm³/mol. The van der Waals surface area contributed by atoms with Crippen molar-refractivity contribution in [2.45, 2.75) is 6.92 Å². The van der Waals surface area contributed by atoms with Crippen molar-refractivity contribution >= 4 is 5.91 Å². The van der Waals surface area contributed by atoms with E-state index < -0.39 is 0 Å². The zero-order valence-corrected chi connectivity index (χ0v) is 8.50. The van der Waals surface area contributed by atoms with Crippen LogP contribution in [0, 0.1) is 6.92 Å². The number of carbonyl (C=O) groups is 1. The predicted octanol–water partition coefficient (Wildman–Crippen LogP) is 0.339. The smallest absolute Gasteiger partial charge is 0.251 e. The summed E-state index contributed by atoms with van der Waals surface area (Å²) in [6, 6.07) is 3.48. The first-order chi connectivity index (χ1) is 6.74. The zero-order chi connectivity index (χ0) is 10.4. The summed E-state index contributed by atoms with van der Waals surface area (Å²) in [5.41, 5.74) is 1.51. The summed E-state index contributed by atoms with van der Waals surface area (Å²) in [6.45, 7) is 3.27. The minimum Gasteiger partial charge on any atom is -0.351 e. The average Bonchev–Trinajstić information content (AvgIpc) is 2.18. The molecule has 0 spiro atoms. The van der Waals surface area contributed by atoms with Crippen molar-refractivity contribution in [1.29, 1.82) is 0 Å². The van der Waals surface area contributed by atoms with E-state index in [2.05, 4.69) is 15.6 Å². The van der Waals surface area contributed by atoms with E-state index in [1.165, 1.54) is 0 Å². The number of rotatable bonds is 4. The fourth-order valence-corrected chi connectivity index (χ4v) is 1.09. The van der Waals surface area contributed by atoms with Crippen LogP contribution in [0.1, 0.15) is 16.1 Å². The summed E-state index contributed by atoms with van der Waals surface area (Å²) >= 11 is 0. The van der Waals surface area contributed by atoms with E-state index in [1.807, 2.05) is 14.0 Å².